The number of aliphatic imine (C=N–C) groups is 1. The van der Waals surface area contributed by atoms with Crippen molar-refractivity contribution in [2.45, 2.75) is 46.0 Å². The van der Waals surface area contributed by atoms with Crippen LogP contribution in [0.25, 0.3) is 0 Å². The van der Waals surface area contributed by atoms with Gasteiger partial charge in [-0.2, -0.15) is 0 Å². The summed E-state index contributed by atoms with van der Waals surface area (Å²) in [6.45, 7) is 7.31. The fraction of sp³-hybridized carbons (Fsp3) is 0.923. The molecule has 0 aromatic carbocycles. The van der Waals surface area contributed by atoms with Crippen molar-refractivity contribution in [3.8, 4) is 0 Å². The van der Waals surface area contributed by atoms with Crippen LogP contribution in [0.2, 0.25) is 0 Å². The summed E-state index contributed by atoms with van der Waals surface area (Å²) >= 11 is 0. The predicted octanol–water partition coefficient (Wildman–Crippen LogP) is 2.76. The first-order chi connectivity index (χ1) is 7.80. The molecule has 0 atom stereocenters. The van der Waals surface area contributed by atoms with E-state index in [-0.39, 0.29) is 24.0 Å². The molecular formula is C13H26IN3. The highest BCUT2D eigenvalue weighted by Crippen LogP contribution is 2.61. The van der Waals surface area contributed by atoms with Gasteiger partial charge in [0, 0.05) is 19.6 Å². The summed E-state index contributed by atoms with van der Waals surface area (Å²) in [7, 11) is 0. The molecule has 2 fully saturated rings. The van der Waals surface area contributed by atoms with Gasteiger partial charge < -0.3 is 10.6 Å². The SMILES string of the molecule is CCCNC(=NCC1(C2CC2)CC1)NCC.I. The van der Waals surface area contributed by atoms with Crippen molar-refractivity contribution in [2.24, 2.45) is 16.3 Å². The maximum atomic E-state index is 4.74. The molecule has 4 heteroatoms. The van der Waals surface area contributed by atoms with E-state index in [1.807, 2.05) is 0 Å². The van der Waals surface area contributed by atoms with Gasteiger partial charge in [0.1, 0.15) is 0 Å². The summed E-state index contributed by atoms with van der Waals surface area (Å²) < 4.78 is 0. The molecule has 2 rings (SSSR count). The number of hydrogen-bond acceptors (Lipinski definition) is 1. The molecule has 100 valence electrons. The first kappa shape index (κ1) is 15.1. The Morgan fingerprint density at radius 3 is 2.41 bits per heavy atom. The van der Waals surface area contributed by atoms with Gasteiger partial charge in [0.15, 0.2) is 5.96 Å². The number of nitrogens with one attached hydrogen (secondary N) is 2. The minimum atomic E-state index is 0. The monoisotopic (exact) mass is 351 g/mol. The first-order valence-electron chi connectivity index (χ1n) is 6.83. The second-order valence-corrected chi connectivity index (χ2v) is 5.26. The molecule has 0 spiro atoms. The minimum absolute atomic E-state index is 0. The summed E-state index contributed by atoms with van der Waals surface area (Å²) in [5.41, 5.74) is 0.620. The van der Waals surface area contributed by atoms with Crippen LogP contribution in [0.15, 0.2) is 4.99 Å². The van der Waals surface area contributed by atoms with Crippen LogP contribution in [0.3, 0.4) is 0 Å². The lowest BCUT2D eigenvalue weighted by Crippen LogP contribution is -2.38. The smallest absolute Gasteiger partial charge is 0.191 e. The number of hydrogen-bond donors (Lipinski definition) is 2. The van der Waals surface area contributed by atoms with Crippen molar-refractivity contribution in [1.82, 2.24) is 10.6 Å². The third-order valence-corrected chi connectivity index (χ3v) is 3.77. The fourth-order valence-electron chi connectivity index (χ4n) is 2.37. The largest absolute Gasteiger partial charge is 0.357 e. The van der Waals surface area contributed by atoms with Crippen molar-refractivity contribution >= 4 is 29.9 Å². The highest BCUT2D eigenvalue weighted by Gasteiger charge is 2.53. The quantitative estimate of drug-likeness (QED) is 0.439. The topological polar surface area (TPSA) is 36.4 Å². The summed E-state index contributed by atoms with van der Waals surface area (Å²) in [5, 5.41) is 6.68. The van der Waals surface area contributed by atoms with Crippen LogP contribution in [0.5, 0.6) is 0 Å². The van der Waals surface area contributed by atoms with Crippen LogP contribution in [-0.2, 0) is 0 Å². The Hall–Kier alpha value is 0. The molecule has 0 aromatic rings. The molecule has 0 amide bonds. The van der Waals surface area contributed by atoms with E-state index in [1.165, 1.54) is 25.7 Å². The number of guanidine groups is 1. The number of halogens is 1. The molecule has 0 aromatic heterocycles. The molecule has 0 heterocycles. The fourth-order valence-corrected chi connectivity index (χ4v) is 2.37. The Morgan fingerprint density at radius 2 is 1.94 bits per heavy atom. The van der Waals surface area contributed by atoms with E-state index < -0.39 is 0 Å². The minimum Gasteiger partial charge on any atom is -0.357 e. The van der Waals surface area contributed by atoms with Crippen molar-refractivity contribution in [2.75, 3.05) is 19.6 Å². The normalized spacial score (nSPS) is 21.6. The van der Waals surface area contributed by atoms with Crippen molar-refractivity contribution in [3.63, 3.8) is 0 Å². The lowest BCUT2D eigenvalue weighted by molar-refractivity contribution is 0.452. The number of nitrogens with zero attached hydrogens (tertiary/aromatic N) is 1. The summed E-state index contributed by atoms with van der Waals surface area (Å²) in [4.78, 5) is 4.74. The average Bonchev–Trinajstić information content (AvgIpc) is 3.15. The van der Waals surface area contributed by atoms with Crippen LogP contribution < -0.4 is 10.6 Å². The standard InChI is InChI=1S/C13H25N3.HI/c1-3-9-15-12(14-4-2)16-10-13(7-8-13)11-5-6-11;/h11H,3-10H2,1-2H3,(H2,14,15,16);1H. The Bertz CT molecular complexity index is 257. The molecule has 2 aliphatic rings. The molecule has 0 unspecified atom stereocenters. The van der Waals surface area contributed by atoms with Gasteiger partial charge in [-0.05, 0) is 50.4 Å². The van der Waals surface area contributed by atoms with E-state index in [4.69, 9.17) is 4.99 Å². The lowest BCUT2D eigenvalue weighted by Gasteiger charge is -2.14. The second-order valence-electron chi connectivity index (χ2n) is 5.26. The lowest BCUT2D eigenvalue weighted by atomic mass is 10.0. The van der Waals surface area contributed by atoms with E-state index in [0.29, 0.717) is 5.41 Å². The Balaban J connectivity index is 0.00000144. The van der Waals surface area contributed by atoms with Gasteiger partial charge in [-0.25, -0.2) is 0 Å². The zero-order chi connectivity index (χ0) is 11.4. The molecule has 0 bridgehead atoms. The Kier molecular flexibility index (Phi) is 6.03. The van der Waals surface area contributed by atoms with Crippen LogP contribution >= 0.6 is 24.0 Å². The molecule has 17 heavy (non-hydrogen) atoms. The summed E-state index contributed by atoms with van der Waals surface area (Å²) in [6.07, 6.45) is 6.88. The van der Waals surface area contributed by atoms with Crippen molar-refractivity contribution < 1.29 is 0 Å². The summed E-state index contributed by atoms with van der Waals surface area (Å²) in [6, 6.07) is 0. The molecule has 0 aliphatic heterocycles. The van der Waals surface area contributed by atoms with Crippen LogP contribution in [0.1, 0.15) is 46.0 Å². The van der Waals surface area contributed by atoms with Crippen LogP contribution in [-0.4, -0.2) is 25.6 Å². The van der Waals surface area contributed by atoms with E-state index in [0.717, 1.165) is 37.9 Å². The van der Waals surface area contributed by atoms with Gasteiger partial charge in [-0.3, -0.25) is 4.99 Å². The zero-order valence-electron chi connectivity index (χ0n) is 11.1. The van der Waals surface area contributed by atoms with E-state index >= 15 is 0 Å². The van der Waals surface area contributed by atoms with Gasteiger partial charge in [-0.1, -0.05) is 6.92 Å². The zero-order valence-corrected chi connectivity index (χ0v) is 13.4. The van der Waals surface area contributed by atoms with Gasteiger partial charge in [0.25, 0.3) is 0 Å². The first-order valence-corrected chi connectivity index (χ1v) is 6.83. The van der Waals surface area contributed by atoms with E-state index in [1.54, 1.807) is 0 Å². The third kappa shape index (κ3) is 4.30. The summed E-state index contributed by atoms with van der Waals surface area (Å²) in [5.74, 6) is 2.02. The molecule has 2 N–H and O–H groups in total. The van der Waals surface area contributed by atoms with Gasteiger partial charge >= 0.3 is 0 Å². The second kappa shape index (κ2) is 6.81. The molecule has 3 nitrogen and oxygen atoms in total. The number of rotatable bonds is 6. The molecule has 2 aliphatic carbocycles. The average molecular weight is 351 g/mol. The third-order valence-electron chi connectivity index (χ3n) is 3.77. The molecule has 2 saturated carbocycles. The van der Waals surface area contributed by atoms with E-state index in [2.05, 4.69) is 24.5 Å². The molecule has 0 saturated heterocycles. The van der Waals surface area contributed by atoms with Crippen molar-refractivity contribution in [3.05, 3.63) is 0 Å². The Labute approximate surface area is 122 Å². The van der Waals surface area contributed by atoms with Crippen LogP contribution in [0.4, 0.5) is 0 Å². The van der Waals surface area contributed by atoms with Gasteiger partial charge in [0.05, 0.1) is 0 Å². The van der Waals surface area contributed by atoms with E-state index in [9.17, 15) is 0 Å². The van der Waals surface area contributed by atoms with Crippen molar-refractivity contribution in [1.29, 1.82) is 0 Å². The molecular weight excluding hydrogens is 325 g/mol. The van der Waals surface area contributed by atoms with Gasteiger partial charge in [-0.15, -0.1) is 24.0 Å². The maximum absolute atomic E-state index is 4.74. The highest BCUT2D eigenvalue weighted by molar-refractivity contribution is 14.0. The predicted molar refractivity (Wildman–Crippen MR) is 84.1 cm³/mol. The highest BCUT2D eigenvalue weighted by atomic mass is 127. The van der Waals surface area contributed by atoms with Crippen LogP contribution in [0, 0.1) is 11.3 Å². The maximum Gasteiger partial charge on any atom is 0.191 e. The molecule has 0 radical (unpaired) electrons. The Morgan fingerprint density at radius 1 is 1.24 bits per heavy atom. The van der Waals surface area contributed by atoms with Gasteiger partial charge in [0.2, 0.25) is 0 Å².